The molecular weight excluding hydrogens is 340 g/mol. The molecule has 1 unspecified atom stereocenters. The first-order valence-electron chi connectivity index (χ1n) is 8.18. The summed E-state index contributed by atoms with van der Waals surface area (Å²) in [4.78, 5) is 4.69. The standard InChI is InChI=1S/C18H23BrN2O/c1-13-17(7-4-6-16-5-2-3-12-20-16)21-18(22-13)14-8-10-15(19)11-9-14/h8-11,16,20H,2-7,12H2,1H3. The van der Waals surface area contributed by atoms with E-state index in [4.69, 9.17) is 4.42 Å². The van der Waals surface area contributed by atoms with E-state index in [0.29, 0.717) is 6.04 Å². The number of nitrogens with zero attached hydrogens (tertiary/aromatic N) is 1. The molecule has 1 aromatic heterocycles. The van der Waals surface area contributed by atoms with Crippen molar-refractivity contribution in [2.75, 3.05) is 6.54 Å². The van der Waals surface area contributed by atoms with E-state index >= 15 is 0 Å². The van der Waals surface area contributed by atoms with E-state index in [2.05, 4.69) is 26.2 Å². The van der Waals surface area contributed by atoms with E-state index in [1.165, 1.54) is 38.6 Å². The second-order valence-corrected chi connectivity index (χ2v) is 6.98. The lowest BCUT2D eigenvalue weighted by atomic mass is 9.99. The largest absolute Gasteiger partial charge is 0.441 e. The number of aromatic nitrogens is 1. The predicted molar refractivity (Wildman–Crippen MR) is 93.0 cm³/mol. The Bertz CT molecular complexity index is 600. The lowest BCUT2D eigenvalue weighted by molar-refractivity contribution is 0.375. The van der Waals surface area contributed by atoms with Crippen LogP contribution in [0.4, 0.5) is 0 Å². The van der Waals surface area contributed by atoms with Crippen molar-refractivity contribution in [3.63, 3.8) is 0 Å². The molecule has 1 fully saturated rings. The second-order valence-electron chi connectivity index (χ2n) is 6.07. The molecule has 2 aromatic rings. The summed E-state index contributed by atoms with van der Waals surface area (Å²) >= 11 is 3.45. The number of nitrogens with one attached hydrogen (secondary N) is 1. The summed E-state index contributed by atoms with van der Waals surface area (Å²) in [5.41, 5.74) is 2.14. The Kier molecular flexibility index (Phi) is 5.32. The molecule has 118 valence electrons. The summed E-state index contributed by atoms with van der Waals surface area (Å²) in [5, 5.41) is 3.61. The Morgan fingerprint density at radius 1 is 1.27 bits per heavy atom. The third-order valence-corrected chi connectivity index (χ3v) is 4.89. The van der Waals surface area contributed by atoms with Crippen LogP contribution in [0.15, 0.2) is 33.2 Å². The van der Waals surface area contributed by atoms with Crippen molar-refractivity contribution in [3.8, 4) is 11.5 Å². The maximum atomic E-state index is 5.84. The van der Waals surface area contributed by atoms with Crippen molar-refractivity contribution in [1.82, 2.24) is 10.3 Å². The highest BCUT2D eigenvalue weighted by atomic mass is 79.9. The number of piperidine rings is 1. The SMILES string of the molecule is Cc1oc(-c2ccc(Br)cc2)nc1CCCC1CCCCN1. The zero-order valence-corrected chi connectivity index (χ0v) is 14.7. The molecule has 1 aliphatic rings. The van der Waals surface area contributed by atoms with Crippen molar-refractivity contribution < 1.29 is 4.42 Å². The molecule has 1 aliphatic heterocycles. The number of aryl methyl sites for hydroxylation is 2. The molecule has 0 bridgehead atoms. The van der Waals surface area contributed by atoms with Gasteiger partial charge < -0.3 is 9.73 Å². The summed E-state index contributed by atoms with van der Waals surface area (Å²) in [6, 6.07) is 8.80. The first kappa shape index (κ1) is 15.8. The van der Waals surface area contributed by atoms with Gasteiger partial charge in [0.1, 0.15) is 5.76 Å². The van der Waals surface area contributed by atoms with Crippen molar-refractivity contribution in [1.29, 1.82) is 0 Å². The fourth-order valence-electron chi connectivity index (χ4n) is 3.06. The molecule has 1 aromatic carbocycles. The smallest absolute Gasteiger partial charge is 0.226 e. The molecule has 0 aliphatic carbocycles. The third-order valence-electron chi connectivity index (χ3n) is 4.36. The van der Waals surface area contributed by atoms with Gasteiger partial charge in [0.2, 0.25) is 5.89 Å². The number of halogens is 1. The van der Waals surface area contributed by atoms with E-state index in [1.807, 2.05) is 31.2 Å². The molecular formula is C18H23BrN2O. The Morgan fingerprint density at radius 2 is 2.09 bits per heavy atom. The third kappa shape index (κ3) is 3.99. The van der Waals surface area contributed by atoms with Gasteiger partial charge in [-0.3, -0.25) is 0 Å². The Hall–Kier alpha value is -1.13. The monoisotopic (exact) mass is 362 g/mol. The Morgan fingerprint density at radius 3 is 2.82 bits per heavy atom. The normalized spacial score (nSPS) is 18.5. The van der Waals surface area contributed by atoms with Crippen molar-refractivity contribution >= 4 is 15.9 Å². The lowest BCUT2D eigenvalue weighted by Gasteiger charge is -2.23. The number of benzene rings is 1. The van der Waals surface area contributed by atoms with Gasteiger partial charge in [0.05, 0.1) is 5.69 Å². The van der Waals surface area contributed by atoms with Gasteiger partial charge in [-0.25, -0.2) is 4.98 Å². The van der Waals surface area contributed by atoms with Crippen LogP contribution in [0.3, 0.4) is 0 Å². The zero-order valence-electron chi connectivity index (χ0n) is 13.1. The van der Waals surface area contributed by atoms with Crippen molar-refractivity contribution in [2.24, 2.45) is 0 Å². The van der Waals surface area contributed by atoms with Gasteiger partial charge in [-0.15, -0.1) is 0 Å². The van der Waals surface area contributed by atoms with Crippen LogP contribution in [-0.2, 0) is 6.42 Å². The minimum Gasteiger partial charge on any atom is -0.441 e. The van der Waals surface area contributed by atoms with Gasteiger partial charge in [-0.1, -0.05) is 22.4 Å². The summed E-state index contributed by atoms with van der Waals surface area (Å²) in [5.74, 6) is 1.69. The zero-order chi connectivity index (χ0) is 15.4. The fraction of sp³-hybridized carbons (Fsp3) is 0.500. The van der Waals surface area contributed by atoms with Gasteiger partial charge >= 0.3 is 0 Å². The first-order chi connectivity index (χ1) is 10.7. The van der Waals surface area contributed by atoms with Gasteiger partial charge in [-0.2, -0.15) is 0 Å². The maximum absolute atomic E-state index is 5.84. The van der Waals surface area contributed by atoms with E-state index in [1.54, 1.807) is 0 Å². The molecule has 0 radical (unpaired) electrons. The second kappa shape index (κ2) is 7.42. The molecule has 1 N–H and O–H groups in total. The van der Waals surface area contributed by atoms with Crippen molar-refractivity contribution in [3.05, 3.63) is 40.2 Å². The summed E-state index contributed by atoms with van der Waals surface area (Å²) in [6.45, 7) is 3.20. The highest BCUT2D eigenvalue weighted by molar-refractivity contribution is 9.10. The minimum atomic E-state index is 0.701. The summed E-state index contributed by atoms with van der Waals surface area (Å²) < 4.78 is 6.91. The van der Waals surface area contributed by atoms with Gasteiger partial charge in [-0.05, 0) is 69.8 Å². The van der Waals surface area contributed by atoms with Gasteiger partial charge in [0.15, 0.2) is 0 Å². The highest BCUT2D eigenvalue weighted by Crippen LogP contribution is 2.24. The number of hydrogen-bond donors (Lipinski definition) is 1. The summed E-state index contributed by atoms with van der Waals surface area (Å²) in [7, 11) is 0. The van der Waals surface area contributed by atoms with Crippen LogP contribution in [0.1, 0.15) is 43.6 Å². The fourth-order valence-corrected chi connectivity index (χ4v) is 3.33. The molecule has 4 heteroatoms. The average molecular weight is 363 g/mol. The first-order valence-corrected chi connectivity index (χ1v) is 8.97. The van der Waals surface area contributed by atoms with Crippen LogP contribution in [-0.4, -0.2) is 17.6 Å². The van der Waals surface area contributed by atoms with Crippen LogP contribution in [0.5, 0.6) is 0 Å². The van der Waals surface area contributed by atoms with Crippen LogP contribution < -0.4 is 5.32 Å². The van der Waals surface area contributed by atoms with Crippen LogP contribution in [0.2, 0.25) is 0 Å². The Balaban J connectivity index is 1.58. The molecule has 2 heterocycles. The molecule has 3 rings (SSSR count). The number of oxazole rings is 1. The minimum absolute atomic E-state index is 0.701. The topological polar surface area (TPSA) is 38.1 Å². The highest BCUT2D eigenvalue weighted by Gasteiger charge is 2.14. The van der Waals surface area contributed by atoms with Gasteiger partial charge in [0.25, 0.3) is 0 Å². The molecule has 22 heavy (non-hydrogen) atoms. The molecule has 3 nitrogen and oxygen atoms in total. The van der Waals surface area contributed by atoms with Crippen LogP contribution in [0.25, 0.3) is 11.5 Å². The van der Waals surface area contributed by atoms with Crippen molar-refractivity contribution in [2.45, 2.75) is 51.5 Å². The molecule has 0 amide bonds. The van der Waals surface area contributed by atoms with E-state index in [0.717, 1.165) is 33.8 Å². The molecule has 0 spiro atoms. The molecule has 0 saturated carbocycles. The van der Waals surface area contributed by atoms with Gasteiger partial charge in [0, 0.05) is 16.1 Å². The van der Waals surface area contributed by atoms with E-state index < -0.39 is 0 Å². The maximum Gasteiger partial charge on any atom is 0.226 e. The molecule has 1 atom stereocenters. The van der Waals surface area contributed by atoms with Crippen LogP contribution in [0, 0.1) is 6.92 Å². The predicted octanol–water partition coefficient (Wildman–Crippen LogP) is 4.88. The number of rotatable bonds is 5. The quantitative estimate of drug-likeness (QED) is 0.823. The number of hydrogen-bond acceptors (Lipinski definition) is 3. The molecule has 1 saturated heterocycles. The van der Waals surface area contributed by atoms with E-state index in [9.17, 15) is 0 Å². The summed E-state index contributed by atoms with van der Waals surface area (Å²) in [6.07, 6.45) is 7.43. The van der Waals surface area contributed by atoms with E-state index in [-0.39, 0.29) is 0 Å². The Labute approximate surface area is 140 Å². The van der Waals surface area contributed by atoms with Crippen LogP contribution >= 0.6 is 15.9 Å². The lowest BCUT2D eigenvalue weighted by Crippen LogP contribution is -2.33. The average Bonchev–Trinajstić information content (AvgIpc) is 2.90.